The van der Waals surface area contributed by atoms with E-state index in [0.29, 0.717) is 6.10 Å². The van der Waals surface area contributed by atoms with Crippen molar-refractivity contribution < 1.29 is 4.74 Å². The van der Waals surface area contributed by atoms with E-state index in [-0.39, 0.29) is 0 Å². The first-order valence-electron chi connectivity index (χ1n) is 7.48. The molecule has 0 saturated heterocycles. The van der Waals surface area contributed by atoms with Crippen molar-refractivity contribution in [2.45, 2.75) is 59.2 Å². The Morgan fingerprint density at radius 3 is 2.53 bits per heavy atom. The molecule has 0 aromatic heterocycles. The number of ether oxygens (including phenoxy) is 1. The summed E-state index contributed by atoms with van der Waals surface area (Å²) in [7, 11) is 0. The van der Waals surface area contributed by atoms with Crippen molar-refractivity contribution >= 4 is 0 Å². The van der Waals surface area contributed by atoms with Crippen LogP contribution < -0.4 is 0 Å². The summed E-state index contributed by atoms with van der Waals surface area (Å²) in [6.07, 6.45) is 3.04. The summed E-state index contributed by atoms with van der Waals surface area (Å²) in [5.74, 6) is 0. The maximum Gasteiger partial charge on any atom is 0.0597 e. The van der Waals surface area contributed by atoms with Crippen LogP contribution in [0.25, 0.3) is 0 Å². The van der Waals surface area contributed by atoms with E-state index in [4.69, 9.17) is 4.74 Å². The summed E-state index contributed by atoms with van der Waals surface area (Å²) in [5.41, 5.74) is 4.20. The second kappa shape index (κ2) is 6.53. The Labute approximate surface area is 117 Å². The van der Waals surface area contributed by atoms with E-state index in [2.05, 4.69) is 50.8 Å². The maximum absolute atomic E-state index is 5.69. The van der Waals surface area contributed by atoms with Crippen molar-refractivity contribution in [3.63, 3.8) is 0 Å². The highest BCUT2D eigenvalue weighted by atomic mass is 16.5. The molecule has 1 aliphatic carbocycles. The number of hydrogen-bond donors (Lipinski definition) is 0. The highest BCUT2D eigenvalue weighted by molar-refractivity contribution is 5.29. The van der Waals surface area contributed by atoms with Gasteiger partial charge < -0.3 is 4.74 Å². The van der Waals surface area contributed by atoms with Crippen molar-refractivity contribution in [1.82, 2.24) is 4.90 Å². The third-order valence-electron chi connectivity index (χ3n) is 3.85. The molecule has 1 fully saturated rings. The Bertz CT molecular complexity index is 410. The van der Waals surface area contributed by atoms with Gasteiger partial charge in [-0.2, -0.15) is 0 Å². The minimum atomic E-state index is 0.336. The molecule has 0 unspecified atom stereocenters. The van der Waals surface area contributed by atoms with Crippen molar-refractivity contribution in [1.29, 1.82) is 0 Å². The van der Waals surface area contributed by atoms with Gasteiger partial charge in [-0.15, -0.1) is 0 Å². The first-order valence-corrected chi connectivity index (χ1v) is 7.48. The van der Waals surface area contributed by atoms with Crippen LogP contribution >= 0.6 is 0 Å². The summed E-state index contributed by atoms with van der Waals surface area (Å²) in [6.45, 7) is 11.5. The molecule has 0 bridgehead atoms. The van der Waals surface area contributed by atoms with E-state index in [0.717, 1.165) is 25.7 Å². The highest BCUT2D eigenvalue weighted by Crippen LogP contribution is 2.28. The molecule has 2 heteroatoms. The molecule has 2 nitrogen and oxygen atoms in total. The second-order valence-electron chi connectivity index (χ2n) is 6.04. The Kier molecular flexibility index (Phi) is 5.00. The number of aryl methyl sites for hydroxylation is 2. The van der Waals surface area contributed by atoms with Gasteiger partial charge in [0.2, 0.25) is 0 Å². The molecule has 0 N–H and O–H groups in total. The number of benzene rings is 1. The third-order valence-corrected chi connectivity index (χ3v) is 3.85. The average Bonchev–Trinajstić information content (AvgIpc) is 3.16. The molecule has 106 valence electrons. The SMILES string of the molecule is Cc1ccc(CN(CCOC(C)C)C2CC2)cc1C. The zero-order chi connectivity index (χ0) is 13.8. The van der Waals surface area contributed by atoms with E-state index >= 15 is 0 Å². The van der Waals surface area contributed by atoms with Crippen LogP contribution in [0.2, 0.25) is 0 Å². The van der Waals surface area contributed by atoms with Gasteiger partial charge >= 0.3 is 0 Å². The van der Waals surface area contributed by atoms with Gasteiger partial charge in [0.15, 0.2) is 0 Å². The van der Waals surface area contributed by atoms with Gasteiger partial charge in [-0.05, 0) is 57.2 Å². The van der Waals surface area contributed by atoms with Crippen molar-refractivity contribution in [2.24, 2.45) is 0 Å². The van der Waals surface area contributed by atoms with Gasteiger partial charge in [-0.25, -0.2) is 0 Å². The lowest BCUT2D eigenvalue weighted by atomic mass is 10.1. The minimum absolute atomic E-state index is 0.336. The summed E-state index contributed by atoms with van der Waals surface area (Å²) in [5, 5.41) is 0. The molecule has 0 aliphatic heterocycles. The van der Waals surface area contributed by atoms with Crippen LogP contribution in [0.5, 0.6) is 0 Å². The van der Waals surface area contributed by atoms with E-state index in [9.17, 15) is 0 Å². The summed E-state index contributed by atoms with van der Waals surface area (Å²) < 4.78 is 5.69. The van der Waals surface area contributed by atoms with Crippen LogP contribution in [0.1, 0.15) is 43.4 Å². The molecule has 0 amide bonds. The Morgan fingerprint density at radius 1 is 1.21 bits per heavy atom. The van der Waals surface area contributed by atoms with Crippen LogP contribution in [-0.4, -0.2) is 30.2 Å². The Balaban J connectivity index is 1.90. The Morgan fingerprint density at radius 2 is 1.95 bits per heavy atom. The molecule has 0 radical (unpaired) electrons. The fourth-order valence-corrected chi connectivity index (χ4v) is 2.37. The molecular formula is C17H27NO. The quantitative estimate of drug-likeness (QED) is 0.742. The lowest BCUT2D eigenvalue weighted by molar-refractivity contribution is 0.0555. The number of nitrogens with zero attached hydrogens (tertiary/aromatic N) is 1. The number of hydrogen-bond acceptors (Lipinski definition) is 2. The summed E-state index contributed by atoms with van der Waals surface area (Å²) >= 11 is 0. The predicted molar refractivity (Wildman–Crippen MR) is 80.4 cm³/mol. The third kappa shape index (κ3) is 4.63. The van der Waals surface area contributed by atoms with Gasteiger partial charge in [0.05, 0.1) is 12.7 Å². The van der Waals surface area contributed by atoms with Gasteiger partial charge in [0, 0.05) is 19.1 Å². The molecule has 0 atom stereocenters. The molecule has 1 aromatic rings. The van der Waals surface area contributed by atoms with Crippen LogP contribution in [0.15, 0.2) is 18.2 Å². The molecule has 1 saturated carbocycles. The lowest BCUT2D eigenvalue weighted by Gasteiger charge is -2.23. The monoisotopic (exact) mass is 261 g/mol. The van der Waals surface area contributed by atoms with E-state index in [1.165, 1.54) is 29.5 Å². The molecule has 1 aliphatic rings. The zero-order valence-electron chi connectivity index (χ0n) is 12.8. The lowest BCUT2D eigenvalue weighted by Crippen LogP contribution is -2.30. The van der Waals surface area contributed by atoms with Gasteiger partial charge in [-0.1, -0.05) is 18.2 Å². The molecular weight excluding hydrogens is 234 g/mol. The first kappa shape index (κ1) is 14.5. The van der Waals surface area contributed by atoms with Crippen LogP contribution in [0.3, 0.4) is 0 Å². The topological polar surface area (TPSA) is 12.5 Å². The zero-order valence-corrected chi connectivity index (χ0v) is 12.8. The van der Waals surface area contributed by atoms with E-state index < -0.39 is 0 Å². The second-order valence-corrected chi connectivity index (χ2v) is 6.04. The standard InChI is InChI=1S/C17H27NO/c1-13(2)19-10-9-18(17-7-8-17)12-16-6-5-14(3)15(4)11-16/h5-6,11,13,17H,7-10,12H2,1-4H3. The fraction of sp³-hybridized carbons (Fsp3) is 0.647. The molecule has 19 heavy (non-hydrogen) atoms. The first-order chi connectivity index (χ1) is 9.06. The van der Waals surface area contributed by atoms with Crippen molar-refractivity contribution in [2.75, 3.05) is 13.2 Å². The van der Waals surface area contributed by atoms with E-state index in [1.54, 1.807) is 0 Å². The molecule has 0 heterocycles. The summed E-state index contributed by atoms with van der Waals surface area (Å²) in [4.78, 5) is 2.58. The van der Waals surface area contributed by atoms with Crippen molar-refractivity contribution in [3.05, 3.63) is 34.9 Å². The predicted octanol–water partition coefficient (Wildman–Crippen LogP) is 3.69. The summed E-state index contributed by atoms with van der Waals surface area (Å²) in [6, 6.07) is 7.62. The highest BCUT2D eigenvalue weighted by Gasteiger charge is 2.28. The van der Waals surface area contributed by atoms with Crippen LogP contribution in [0.4, 0.5) is 0 Å². The minimum Gasteiger partial charge on any atom is -0.377 e. The smallest absolute Gasteiger partial charge is 0.0597 e. The van der Waals surface area contributed by atoms with Gasteiger partial charge in [-0.3, -0.25) is 4.90 Å². The average molecular weight is 261 g/mol. The molecule has 2 rings (SSSR count). The molecule has 1 aromatic carbocycles. The number of rotatable bonds is 7. The maximum atomic E-state index is 5.69. The fourth-order valence-electron chi connectivity index (χ4n) is 2.37. The normalized spacial score (nSPS) is 15.5. The Hall–Kier alpha value is -0.860. The molecule has 0 spiro atoms. The van der Waals surface area contributed by atoms with Gasteiger partial charge in [0.1, 0.15) is 0 Å². The largest absolute Gasteiger partial charge is 0.377 e. The van der Waals surface area contributed by atoms with Gasteiger partial charge in [0.25, 0.3) is 0 Å². The van der Waals surface area contributed by atoms with E-state index in [1.807, 2.05) is 0 Å². The van der Waals surface area contributed by atoms with Crippen molar-refractivity contribution in [3.8, 4) is 0 Å². The van der Waals surface area contributed by atoms with Crippen LogP contribution in [0, 0.1) is 13.8 Å². The van der Waals surface area contributed by atoms with Crippen LogP contribution in [-0.2, 0) is 11.3 Å².